The fourth-order valence-corrected chi connectivity index (χ4v) is 2.43. The Morgan fingerprint density at radius 1 is 1.35 bits per heavy atom. The van der Waals surface area contributed by atoms with E-state index in [4.69, 9.17) is 13.9 Å². The number of ether oxygens (including phenoxy) is 2. The summed E-state index contributed by atoms with van der Waals surface area (Å²) in [6.07, 6.45) is 0.433. The highest BCUT2D eigenvalue weighted by Crippen LogP contribution is 2.40. The predicted octanol–water partition coefficient (Wildman–Crippen LogP) is 1.49. The van der Waals surface area contributed by atoms with Gasteiger partial charge in [0.15, 0.2) is 0 Å². The van der Waals surface area contributed by atoms with Crippen LogP contribution >= 0.6 is 0 Å². The monoisotopic (exact) mass is 276 g/mol. The average Bonchev–Trinajstić information content (AvgIpc) is 3.10. The standard InChI is InChI=1S/C15H16O5/c1-15(8-16)12(20-15)7-10-11(18-2)5-3-9-4-6-13(17)19-14(9)10/h3-6,12,16H,7-8H2,1-2H3. The topological polar surface area (TPSA) is 72.2 Å². The molecule has 0 radical (unpaired) electrons. The number of fused-ring (bicyclic) bond motifs is 1. The van der Waals surface area contributed by atoms with Crippen LogP contribution in [0.2, 0.25) is 0 Å². The number of aliphatic hydroxyl groups is 1. The molecule has 1 fully saturated rings. The van der Waals surface area contributed by atoms with Gasteiger partial charge in [0, 0.05) is 23.4 Å². The normalized spacial score (nSPS) is 24.9. The van der Waals surface area contributed by atoms with Crippen molar-refractivity contribution in [3.63, 3.8) is 0 Å². The summed E-state index contributed by atoms with van der Waals surface area (Å²) < 4.78 is 16.2. The molecule has 5 heteroatoms. The van der Waals surface area contributed by atoms with E-state index in [0.29, 0.717) is 17.8 Å². The van der Waals surface area contributed by atoms with Crippen LogP contribution in [-0.2, 0) is 11.2 Å². The van der Waals surface area contributed by atoms with Crippen LogP contribution in [0.5, 0.6) is 5.75 Å². The second kappa shape index (κ2) is 4.61. The van der Waals surface area contributed by atoms with Crippen molar-refractivity contribution in [2.45, 2.75) is 25.0 Å². The number of aliphatic hydroxyl groups excluding tert-OH is 1. The lowest BCUT2D eigenvalue weighted by atomic mass is 9.99. The first-order valence-electron chi connectivity index (χ1n) is 6.46. The second-order valence-corrected chi connectivity index (χ2v) is 5.20. The molecule has 20 heavy (non-hydrogen) atoms. The van der Waals surface area contributed by atoms with E-state index < -0.39 is 11.2 Å². The van der Waals surface area contributed by atoms with Gasteiger partial charge in [-0.1, -0.05) is 0 Å². The molecule has 0 spiro atoms. The van der Waals surface area contributed by atoms with Gasteiger partial charge in [-0.25, -0.2) is 4.79 Å². The number of benzene rings is 1. The molecule has 1 aromatic carbocycles. The van der Waals surface area contributed by atoms with Gasteiger partial charge in [0.25, 0.3) is 0 Å². The zero-order chi connectivity index (χ0) is 14.3. The third-order valence-electron chi connectivity index (χ3n) is 3.81. The van der Waals surface area contributed by atoms with Gasteiger partial charge in [0.1, 0.15) is 16.9 Å². The maximum absolute atomic E-state index is 11.4. The number of hydrogen-bond acceptors (Lipinski definition) is 5. The molecule has 1 N–H and O–H groups in total. The molecule has 3 rings (SSSR count). The van der Waals surface area contributed by atoms with Gasteiger partial charge in [-0.3, -0.25) is 0 Å². The molecule has 1 aliphatic rings. The van der Waals surface area contributed by atoms with Gasteiger partial charge >= 0.3 is 5.63 Å². The van der Waals surface area contributed by atoms with Crippen LogP contribution in [0.3, 0.4) is 0 Å². The summed E-state index contributed by atoms with van der Waals surface area (Å²) in [5, 5.41) is 10.1. The molecule has 2 atom stereocenters. The van der Waals surface area contributed by atoms with Crippen LogP contribution < -0.4 is 10.4 Å². The lowest BCUT2D eigenvalue weighted by molar-refractivity contribution is 0.184. The van der Waals surface area contributed by atoms with E-state index in [2.05, 4.69) is 0 Å². The lowest BCUT2D eigenvalue weighted by Crippen LogP contribution is -2.17. The van der Waals surface area contributed by atoms with E-state index in [1.54, 1.807) is 13.2 Å². The van der Waals surface area contributed by atoms with Crippen molar-refractivity contribution in [2.24, 2.45) is 0 Å². The van der Waals surface area contributed by atoms with Crippen molar-refractivity contribution >= 4 is 11.0 Å². The number of methoxy groups -OCH3 is 1. The summed E-state index contributed by atoms with van der Waals surface area (Å²) in [5.74, 6) is 0.655. The van der Waals surface area contributed by atoms with E-state index in [1.807, 2.05) is 19.1 Å². The van der Waals surface area contributed by atoms with Crippen molar-refractivity contribution < 1.29 is 19.0 Å². The number of epoxide rings is 1. The Morgan fingerprint density at radius 2 is 2.10 bits per heavy atom. The molecule has 0 saturated carbocycles. The summed E-state index contributed by atoms with van der Waals surface area (Å²) in [5.41, 5.74) is 0.411. The third kappa shape index (κ3) is 2.09. The van der Waals surface area contributed by atoms with Gasteiger partial charge in [-0.15, -0.1) is 0 Å². The Bertz CT molecular complexity index is 705. The average molecular weight is 276 g/mol. The quantitative estimate of drug-likeness (QED) is 0.676. The van der Waals surface area contributed by atoms with Gasteiger partial charge in [0.2, 0.25) is 0 Å². The van der Waals surface area contributed by atoms with E-state index in [1.165, 1.54) is 6.07 Å². The van der Waals surface area contributed by atoms with Gasteiger partial charge in [-0.05, 0) is 25.1 Å². The van der Waals surface area contributed by atoms with Crippen molar-refractivity contribution in [3.05, 3.63) is 40.2 Å². The largest absolute Gasteiger partial charge is 0.496 e. The predicted molar refractivity (Wildman–Crippen MR) is 73.1 cm³/mol. The highest BCUT2D eigenvalue weighted by Gasteiger charge is 2.52. The van der Waals surface area contributed by atoms with Crippen LogP contribution in [0.4, 0.5) is 0 Å². The fraction of sp³-hybridized carbons (Fsp3) is 0.400. The Morgan fingerprint density at radius 3 is 2.75 bits per heavy atom. The Labute approximate surface area is 115 Å². The smallest absolute Gasteiger partial charge is 0.336 e. The molecule has 2 unspecified atom stereocenters. The zero-order valence-corrected chi connectivity index (χ0v) is 11.4. The summed E-state index contributed by atoms with van der Waals surface area (Å²) in [4.78, 5) is 11.4. The number of hydrogen-bond donors (Lipinski definition) is 1. The third-order valence-corrected chi connectivity index (χ3v) is 3.81. The van der Waals surface area contributed by atoms with E-state index >= 15 is 0 Å². The van der Waals surface area contributed by atoms with Crippen LogP contribution in [0.15, 0.2) is 33.5 Å². The highest BCUT2D eigenvalue weighted by molar-refractivity contribution is 5.82. The first kappa shape index (κ1) is 13.1. The summed E-state index contributed by atoms with van der Waals surface area (Å²) in [7, 11) is 1.57. The molecule has 0 amide bonds. The van der Waals surface area contributed by atoms with Crippen molar-refractivity contribution in [2.75, 3.05) is 13.7 Å². The van der Waals surface area contributed by atoms with Gasteiger partial charge in [0.05, 0.1) is 19.8 Å². The van der Waals surface area contributed by atoms with Gasteiger partial charge < -0.3 is 19.0 Å². The van der Waals surface area contributed by atoms with Gasteiger partial charge in [-0.2, -0.15) is 0 Å². The van der Waals surface area contributed by atoms with Crippen LogP contribution in [0, 0.1) is 0 Å². The molecule has 1 saturated heterocycles. The maximum Gasteiger partial charge on any atom is 0.336 e. The molecule has 2 aromatic rings. The maximum atomic E-state index is 11.4. The van der Waals surface area contributed by atoms with E-state index in [0.717, 1.165) is 10.9 Å². The molecular formula is C15H16O5. The highest BCUT2D eigenvalue weighted by atomic mass is 16.6. The molecule has 5 nitrogen and oxygen atoms in total. The molecule has 0 bridgehead atoms. The SMILES string of the molecule is COc1ccc2ccc(=O)oc2c1CC1OC1(C)CO. The molecule has 1 aromatic heterocycles. The summed E-state index contributed by atoms with van der Waals surface area (Å²) in [6, 6.07) is 6.81. The van der Waals surface area contributed by atoms with E-state index in [9.17, 15) is 9.90 Å². The Hall–Kier alpha value is -1.85. The minimum absolute atomic E-state index is 0.0330. The summed E-state index contributed by atoms with van der Waals surface area (Å²) >= 11 is 0. The minimum atomic E-state index is -0.512. The first-order chi connectivity index (χ1) is 9.57. The molecule has 2 heterocycles. The molecule has 106 valence electrons. The zero-order valence-electron chi connectivity index (χ0n) is 11.4. The first-order valence-corrected chi connectivity index (χ1v) is 6.46. The fourth-order valence-electron chi connectivity index (χ4n) is 2.43. The van der Waals surface area contributed by atoms with Crippen LogP contribution in [0.25, 0.3) is 11.0 Å². The summed E-state index contributed by atoms with van der Waals surface area (Å²) in [6.45, 7) is 1.82. The molecule has 1 aliphatic heterocycles. The van der Waals surface area contributed by atoms with Crippen molar-refractivity contribution in [3.8, 4) is 5.75 Å². The van der Waals surface area contributed by atoms with Crippen LogP contribution in [-0.4, -0.2) is 30.5 Å². The molecule has 0 aliphatic carbocycles. The van der Waals surface area contributed by atoms with Crippen LogP contribution in [0.1, 0.15) is 12.5 Å². The van der Waals surface area contributed by atoms with Crippen molar-refractivity contribution in [1.29, 1.82) is 0 Å². The minimum Gasteiger partial charge on any atom is -0.496 e. The molecular weight excluding hydrogens is 260 g/mol. The Kier molecular flexibility index (Phi) is 3.03. The van der Waals surface area contributed by atoms with Crippen molar-refractivity contribution in [1.82, 2.24) is 0 Å². The number of rotatable bonds is 4. The van der Waals surface area contributed by atoms with E-state index in [-0.39, 0.29) is 12.7 Å². The Balaban J connectivity index is 2.07. The lowest BCUT2D eigenvalue weighted by Gasteiger charge is -2.10. The second-order valence-electron chi connectivity index (χ2n) is 5.20.